The summed E-state index contributed by atoms with van der Waals surface area (Å²) in [6.07, 6.45) is 13.9. The maximum atomic E-state index is 4.23. The molecular formula is C25H36N6. The van der Waals surface area contributed by atoms with Crippen LogP contribution in [0.25, 0.3) is 10.9 Å². The minimum atomic E-state index is 0.763. The lowest BCUT2D eigenvalue weighted by molar-refractivity contribution is 0.0536. The summed E-state index contributed by atoms with van der Waals surface area (Å²) in [5.74, 6) is 1.83. The molecule has 2 aromatic heterocycles. The Labute approximate surface area is 185 Å². The third kappa shape index (κ3) is 5.18. The number of fused-ring (bicyclic) bond motifs is 1. The Kier molecular flexibility index (Phi) is 6.37. The molecular weight excluding hydrogens is 384 g/mol. The van der Waals surface area contributed by atoms with Gasteiger partial charge < -0.3 is 14.8 Å². The third-order valence-electron chi connectivity index (χ3n) is 7.25. The van der Waals surface area contributed by atoms with E-state index in [0.29, 0.717) is 0 Å². The molecule has 1 N–H and O–H groups in total. The zero-order valence-corrected chi connectivity index (χ0v) is 18.8. The maximum Gasteiger partial charge on any atom is 0.137 e. The van der Waals surface area contributed by atoms with Gasteiger partial charge >= 0.3 is 0 Å². The number of rotatable bonds is 9. The topological polar surface area (TPSA) is 53.0 Å². The van der Waals surface area contributed by atoms with Crippen molar-refractivity contribution in [3.8, 4) is 0 Å². The van der Waals surface area contributed by atoms with Gasteiger partial charge in [0, 0.05) is 49.8 Å². The van der Waals surface area contributed by atoms with Crippen molar-refractivity contribution >= 4 is 10.9 Å². The average Bonchev–Trinajstić information content (AvgIpc) is 3.41. The van der Waals surface area contributed by atoms with Crippen molar-refractivity contribution in [2.24, 2.45) is 11.8 Å². The van der Waals surface area contributed by atoms with Gasteiger partial charge in [0.1, 0.15) is 12.7 Å². The number of aromatic amines is 1. The number of aromatic nitrogens is 4. The van der Waals surface area contributed by atoms with Gasteiger partial charge in [0.15, 0.2) is 0 Å². The zero-order chi connectivity index (χ0) is 21.0. The molecule has 0 unspecified atom stereocenters. The Morgan fingerprint density at radius 3 is 2.81 bits per heavy atom. The van der Waals surface area contributed by atoms with Crippen molar-refractivity contribution in [1.82, 2.24) is 29.5 Å². The SMILES string of the molecule is CN(CCc1c[nH]c2ccc(Cn3cncn3)cc12)CC1CN(CC2CCCCC2)C1. The number of hydrogen-bond donors (Lipinski definition) is 1. The number of H-pyrrole nitrogens is 1. The number of nitrogens with zero attached hydrogens (tertiary/aromatic N) is 5. The van der Waals surface area contributed by atoms with Crippen molar-refractivity contribution in [2.45, 2.75) is 45.1 Å². The van der Waals surface area contributed by atoms with Gasteiger partial charge in [-0.1, -0.05) is 25.3 Å². The van der Waals surface area contributed by atoms with Crippen LogP contribution in [0.2, 0.25) is 0 Å². The van der Waals surface area contributed by atoms with Crippen LogP contribution in [0.1, 0.15) is 43.2 Å². The van der Waals surface area contributed by atoms with Crippen LogP contribution in [-0.2, 0) is 13.0 Å². The lowest BCUT2D eigenvalue weighted by Gasteiger charge is -2.43. The zero-order valence-electron chi connectivity index (χ0n) is 18.8. The van der Waals surface area contributed by atoms with Gasteiger partial charge in [0.05, 0.1) is 6.54 Å². The average molecular weight is 421 g/mol. The van der Waals surface area contributed by atoms with E-state index < -0.39 is 0 Å². The molecule has 1 saturated heterocycles. The third-order valence-corrected chi connectivity index (χ3v) is 7.25. The van der Waals surface area contributed by atoms with E-state index in [-0.39, 0.29) is 0 Å². The van der Waals surface area contributed by atoms with Gasteiger partial charge in [0.25, 0.3) is 0 Å². The molecule has 0 spiro atoms. The Morgan fingerprint density at radius 1 is 1.13 bits per heavy atom. The van der Waals surface area contributed by atoms with Crippen molar-refractivity contribution in [2.75, 3.05) is 39.8 Å². The Balaban J connectivity index is 1.09. The summed E-state index contributed by atoms with van der Waals surface area (Å²) in [4.78, 5) is 12.7. The molecule has 2 aliphatic rings. The second-order valence-corrected chi connectivity index (χ2v) is 9.89. The summed E-state index contributed by atoms with van der Waals surface area (Å²) in [6, 6.07) is 6.66. The van der Waals surface area contributed by atoms with Crippen LogP contribution >= 0.6 is 0 Å². The number of nitrogens with one attached hydrogen (secondary N) is 1. The molecule has 2 fully saturated rings. The van der Waals surface area contributed by atoms with E-state index in [0.717, 1.165) is 31.3 Å². The fraction of sp³-hybridized carbons (Fsp3) is 0.600. The summed E-state index contributed by atoms with van der Waals surface area (Å²) in [6.45, 7) is 7.06. The van der Waals surface area contributed by atoms with Crippen LogP contribution in [0.3, 0.4) is 0 Å². The Morgan fingerprint density at radius 2 is 2.00 bits per heavy atom. The van der Waals surface area contributed by atoms with Gasteiger partial charge in [-0.05, 0) is 61.4 Å². The number of likely N-dealkylation sites (tertiary alicyclic amines) is 1. The molecule has 1 aromatic carbocycles. The highest BCUT2D eigenvalue weighted by molar-refractivity contribution is 5.83. The minimum Gasteiger partial charge on any atom is -0.361 e. The van der Waals surface area contributed by atoms with E-state index in [1.54, 1.807) is 12.7 Å². The first-order valence-electron chi connectivity index (χ1n) is 12.0. The highest BCUT2D eigenvalue weighted by atomic mass is 15.3. The summed E-state index contributed by atoms with van der Waals surface area (Å²) < 4.78 is 1.87. The fourth-order valence-electron chi connectivity index (χ4n) is 5.55. The second kappa shape index (κ2) is 9.53. The van der Waals surface area contributed by atoms with Crippen LogP contribution in [0.4, 0.5) is 0 Å². The second-order valence-electron chi connectivity index (χ2n) is 9.89. The predicted octanol–water partition coefficient (Wildman–Crippen LogP) is 3.79. The van der Waals surface area contributed by atoms with Crippen LogP contribution in [0, 0.1) is 11.8 Å². The van der Waals surface area contributed by atoms with Gasteiger partial charge in [0.2, 0.25) is 0 Å². The highest BCUT2D eigenvalue weighted by Crippen LogP contribution is 2.27. The molecule has 1 aliphatic heterocycles. The van der Waals surface area contributed by atoms with Crippen LogP contribution in [0.5, 0.6) is 0 Å². The molecule has 6 heteroatoms. The van der Waals surface area contributed by atoms with Gasteiger partial charge in [-0.25, -0.2) is 9.67 Å². The minimum absolute atomic E-state index is 0.763. The standard InChI is InChI=1S/C25H36N6/c1-29(13-22-15-30(16-22)14-20-5-3-2-4-6-20)10-9-23-12-27-25-8-7-21(11-24(23)25)17-31-19-26-18-28-31/h7-8,11-12,18-20,22,27H,2-6,9-10,13-17H2,1H3. The molecule has 1 saturated carbocycles. The maximum absolute atomic E-state index is 4.23. The lowest BCUT2D eigenvalue weighted by atomic mass is 9.87. The van der Waals surface area contributed by atoms with Crippen LogP contribution < -0.4 is 0 Å². The van der Waals surface area contributed by atoms with Crippen molar-refractivity contribution in [3.63, 3.8) is 0 Å². The molecule has 0 bridgehead atoms. The van der Waals surface area contributed by atoms with Crippen molar-refractivity contribution in [1.29, 1.82) is 0 Å². The van der Waals surface area contributed by atoms with E-state index in [1.807, 2.05) is 4.68 Å². The quantitative estimate of drug-likeness (QED) is 0.572. The van der Waals surface area contributed by atoms with Crippen LogP contribution in [0.15, 0.2) is 37.1 Å². The molecule has 0 radical (unpaired) electrons. The van der Waals surface area contributed by atoms with Crippen molar-refractivity contribution in [3.05, 3.63) is 48.2 Å². The molecule has 31 heavy (non-hydrogen) atoms. The Bertz CT molecular complexity index is 950. The molecule has 0 amide bonds. The monoisotopic (exact) mass is 420 g/mol. The predicted molar refractivity (Wildman–Crippen MR) is 125 cm³/mol. The summed E-state index contributed by atoms with van der Waals surface area (Å²) in [7, 11) is 2.29. The van der Waals surface area contributed by atoms with Gasteiger partial charge in [-0.2, -0.15) is 5.10 Å². The number of hydrogen-bond acceptors (Lipinski definition) is 4. The summed E-state index contributed by atoms with van der Waals surface area (Å²) in [5, 5.41) is 5.57. The summed E-state index contributed by atoms with van der Waals surface area (Å²) in [5.41, 5.74) is 3.90. The first-order chi connectivity index (χ1) is 15.2. The normalized spacial score (nSPS) is 18.8. The van der Waals surface area contributed by atoms with E-state index in [2.05, 4.69) is 56.3 Å². The molecule has 6 nitrogen and oxygen atoms in total. The number of likely N-dealkylation sites (N-methyl/N-ethyl adjacent to an activating group) is 1. The van der Waals surface area contributed by atoms with Gasteiger partial charge in [-0.15, -0.1) is 0 Å². The first-order valence-corrected chi connectivity index (χ1v) is 12.0. The summed E-state index contributed by atoms with van der Waals surface area (Å²) >= 11 is 0. The lowest BCUT2D eigenvalue weighted by Crippen LogP contribution is -2.52. The Hall–Kier alpha value is -2.18. The van der Waals surface area contributed by atoms with Gasteiger partial charge in [-0.3, -0.25) is 0 Å². The molecule has 3 heterocycles. The van der Waals surface area contributed by atoms with E-state index in [9.17, 15) is 0 Å². The molecule has 5 rings (SSSR count). The van der Waals surface area contributed by atoms with E-state index in [1.165, 1.54) is 80.3 Å². The smallest absolute Gasteiger partial charge is 0.137 e. The number of benzene rings is 1. The molecule has 166 valence electrons. The van der Waals surface area contributed by atoms with Crippen LogP contribution in [-0.4, -0.2) is 69.3 Å². The fourth-order valence-corrected chi connectivity index (χ4v) is 5.55. The molecule has 0 atom stereocenters. The highest BCUT2D eigenvalue weighted by Gasteiger charge is 2.29. The van der Waals surface area contributed by atoms with Crippen molar-refractivity contribution < 1.29 is 0 Å². The van der Waals surface area contributed by atoms with E-state index >= 15 is 0 Å². The molecule has 3 aromatic rings. The molecule has 1 aliphatic carbocycles. The largest absolute Gasteiger partial charge is 0.361 e. The van der Waals surface area contributed by atoms with E-state index in [4.69, 9.17) is 0 Å². The first kappa shape index (κ1) is 20.7.